The minimum Gasteiger partial charge on any atom is -0.481 e. The number of nitro benzene ring substituents is 2. The Bertz CT molecular complexity index is 657. The predicted molar refractivity (Wildman–Crippen MR) is 67.8 cm³/mol. The van der Waals surface area contributed by atoms with Crippen molar-refractivity contribution in [2.45, 2.75) is 6.42 Å². The van der Waals surface area contributed by atoms with Gasteiger partial charge in [0, 0.05) is 19.0 Å². The quantitative estimate of drug-likeness (QED) is 0.642. The van der Waals surface area contributed by atoms with Crippen LogP contribution in [0.25, 0.3) is 0 Å². The number of nitrogens with zero attached hydrogens (tertiary/aromatic N) is 3. The van der Waals surface area contributed by atoms with E-state index in [1.165, 1.54) is 0 Å². The Labute approximate surface area is 116 Å². The molecule has 1 atom stereocenters. The highest BCUT2D eigenvalue weighted by molar-refractivity contribution is 6.01. The molecule has 1 amide bonds. The van der Waals surface area contributed by atoms with Crippen LogP contribution in [-0.4, -0.2) is 33.4 Å². The Kier molecular flexibility index (Phi) is 3.52. The first-order valence-corrected chi connectivity index (χ1v) is 5.77. The molecule has 10 nitrogen and oxygen atoms in total. The van der Waals surface area contributed by atoms with Crippen molar-refractivity contribution in [1.82, 2.24) is 0 Å². The molecule has 0 aliphatic carbocycles. The van der Waals surface area contributed by atoms with E-state index >= 15 is 0 Å². The molecule has 1 aliphatic rings. The van der Waals surface area contributed by atoms with Gasteiger partial charge in [-0.3, -0.25) is 29.8 Å². The lowest BCUT2D eigenvalue weighted by atomic mass is 10.1. The number of hydrogen-bond donors (Lipinski definition) is 1. The molecule has 0 saturated carbocycles. The number of amides is 1. The second kappa shape index (κ2) is 5.15. The van der Waals surface area contributed by atoms with E-state index in [9.17, 15) is 29.8 Å². The molecule has 0 spiro atoms. The number of carbonyl (C=O) groups excluding carboxylic acids is 1. The molecule has 1 heterocycles. The van der Waals surface area contributed by atoms with Crippen LogP contribution in [0.4, 0.5) is 17.1 Å². The van der Waals surface area contributed by atoms with E-state index in [-0.39, 0.29) is 18.7 Å². The zero-order valence-electron chi connectivity index (χ0n) is 10.5. The summed E-state index contributed by atoms with van der Waals surface area (Å²) in [6, 6.07) is 2.86. The minimum atomic E-state index is -1.17. The highest BCUT2D eigenvalue weighted by Crippen LogP contribution is 2.35. The highest BCUT2D eigenvalue weighted by atomic mass is 16.6. The summed E-state index contributed by atoms with van der Waals surface area (Å²) >= 11 is 0. The number of non-ortho nitro benzene ring substituents is 1. The van der Waals surface area contributed by atoms with Crippen LogP contribution in [0.15, 0.2) is 18.2 Å². The number of aliphatic carboxylic acids is 1. The van der Waals surface area contributed by atoms with Gasteiger partial charge >= 0.3 is 5.97 Å². The van der Waals surface area contributed by atoms with Crippen LogP contribution in [0.2, 0.25) is 0 Å². The Morgan fingerprint density at radius 2 is 1.95 bits per heavy atom. The molecule has 1 aromatic carbocycles. The van der Waals surface area contributed by atoms with Crippen molar-refractivity contribution in [3.05, 3.63) is 38.4 Å². The lowest BCUT2D eigenvalue weighted by Crippen LogP contribution is -2.26. The molecule has 1 aromatic rings. The summed E-state index contributed by atoms with van der Waals surface area (Å²) in [6.45, 7) is -0.202. The second-order valence-corrected chi connectivity index (χ2v) is 4.43. The zero-order valence-corrected chi connectivity index (χ0v) is 10.5. The average molecular weight is 295 g/mol. The van der Waals surface area contributed by atoms with Gasteiger partial charge in [0.2, 0.25) is 5.91 Å². The van der Waals surface area contributed by atoms with Crippen LogP contribution in [0.1, 0.15) is 6.42 Å². The topological polar surface area (TPSA) is 144 Å². The molecule has 110 valence electrons. The molecule has 1 saturated heterocycles. The predicted octanol–water partition coefficient (Wildman–Crippen LogP) is 0.941. The van der Waals surface area contributed by atoms with Crippen molar-refractivity contribution in [3.63, 3.8) is 0 Å². The van der Waals surface area contributed by atoms with Crippen LogP contribution in [0, 0.1) is 26.1 Å². The third-order valence-electron chi connectivity index (χ3n) is 3.13. The van der Waals surface area contributed by atoms with E-state index in [4.69, 9.17) is 5.11 Å². The van der Waals surface area contributed by atoms with Gasteiger partial charge in [-0.15, -0.1) is 0 Å². The molecule has 1 unspecified atom stereocenters. The van der Waals surface area contributed by atoms with Crippen molar-refractivity contribution in [3.8, 4) is 0 Å². The van der Waals surface area contributed by atoms with E-state index < -0.39 is 39.0 Å². The number of carboxylic acid groups (broad SMARTS) is 1. The Hall–Kier alpha value is -3.04. The summed E-state index contributed by atoms with van der Waals surface area (Å²) in [5.74, 6) is -2.69. The lowest BCUT2D eigenvalue weighted by Gasteiger charge is -2.15. The first kappa shape index (κ1) is 14.4. The molecule has 1 fully saturated rings. The van der Waals surface area contributed by atoms with Crippen molar-refractivity contribution in [2.24, 2.45) is 5.92 Å². The third-order valence-corrected chi connectivity index (χ3v) is 3.13. The van der Waals surface area contributed by atoms with Gasteiger partial charge < -0.3 is 10.0 Å². The third kappa shape index (κ3) is 2.63. The number of hydrogen-bond acceptors (Lipinski definition) is 6. The maximum absolute atomic E-state index is 11.8. The van der Waals surface area contributed by atoms with Gasteiger partial charge in [-0.2, -0.15) is 0 Å². The molecule has 0 bridgehead atoms. The van der Waals surface area contributed by atoms with E-state index in [1.54, 1.807) is 0 Å². The Balaban J connectivity index is 2.44. The maximum atomic E-state index is 11.8. The van der Waals surface area contributed by atoms with E-state index in [0.29, 0.717) is 0 Å². The monoisotopic (exact) mass is 295 g/mol. The van der Waals surface area contributed by atoms with Gasteiger partial charge in [0.05, 0.1) is 21.8 Å². The normalized spacial score (nSPS) is 17.8. The van der Waals surface area contributed by atoms with Crippen LogP contribution in [0.3, 0.4) is 0 Å². The Morgan fingerprint density at radius 3 is 2.43 bits per heavy atom. The molecule has 2 rings (SSSR count). The minimum absolute atomic E-state index is 0.139. The van der Waals surface area contributed by atoms with E-state index in [1.807, 2.05) is 0 Å². The summed E-state index contributed by atoms with van der Waals surface area (Å²) in [7, 11) is 0. The maximum Gasteiger partial charge on any atom is 0.308 e. The molecule has 1 aliphatic heterocycles. The largest absolute Gasteiger partial charge is 0.481 e. The number of anilines is 1. The van der Waals surface area contributed by atoms with Gasteiger partial charge in [0.25, 0.3) is 11.4 Å². The first-order valence-electron chi connectivity index (χ1n) is 5.77. The smallest absolute Gasteiger partial charge is 0.308 e. The van der Waals surface area contributed by atoms with Gasteiger partial charge in [0.1, 0.15) is 5.69 Å². The fourth-order valence-electron chi connectivity index (χ4n) is 2.11. The SMILES string of the molecule is O=C(O)C1CC(=O)N(c2ccc([N+](=O)[O-])cc2[N+](=O)[O-])C1. The molecular weight excluding hydrogens is 286 g/mol. The number of benzene rings is 1. The fraction of sp³-hybridized carbons (Fsp3) is 0.273. The summed E-state index contributed by atoms with van der Waals surface area (Å²) in [6.07, 6.45) is -0.260. The Morgan fingerprint density at radius 1 is 1.29 bits per heavy atom. The molecule has 1 N–H and O–H groups in total. The van der Waals surface area contributed by atoms with Crippen molar-refractivity contribution in [2.75, 3.05) is 11.4 Å². The van der Waals surface area contributed by atoms with Crippen molar-refractivity contribution in [1.29, 1.82) is 0 Å². The van der Waals surface area contributed by atoms with Gasteiger partial charge in [-0.1, -0.05) is 0 Å². The molecule has 0 radical (unpaired) electrons. The zero-order chi connectivity index (χ0) is 15.7. The lowest BCUT2D eigenvalue weighted by molar-refractivity contribution is -0.393. The molecule has 0 aromatic heterocycles. The first-order chi connectivity index (χ1) is 9.81. The van der Waals surface area contributed by atoms with Crippen LogP contribution in [-0.2, 0) is 9.59 Å². The van der Waals surface area contributed by atoms with Gasteiger partial charge in [-0.05, 0) is 6.07 Å². The van der Waals surface area contributed by atoms with Crippen LogP contribution in [0.5, 0.6) is 0 Å². The van der Waals surface area contributed by atoms with Gasteiger partial charge in [0.15, 0.2) is 0 Å². The number of rotatable bonds is 4. The summed E-state index contributed by atoms with van der Waals surface area (Å²) in [4.78, 5) is 43.7. The van der Waals surface area contributed by atoms with E-state index in [2.05, 4.69) is 0 Å². The molecule has 10 heteroatoms. The summed E-state index contributed by atoms with van der Waals surface area (Å²) < 4.78 is 0. The summed E-state index contributed by atoms with van der Waals surface area (Å²) in [5.41, 5.74) is -1.23. The van der Waals surface area contributed by atoms with Crippen LogP contribution >= 0.6 is 0 Å². The number of carboxylic acids is 1. The highest BCUT2D eigenvalue weighted by Gasteiger charge is 2.38. The number of nitro groups is 2. The van der Waals surface area contributed by atoms with E-state index in [0.717, 1.165) is 23.1 Å². The van der Waals surface area contributed by atoms with Crippen molar-refractivity contribution >= 4 is 28.9 Å². The molecular formula is C11H9N3O7. The number of carbonyl (C=O) groups is 2. The molecule has 21 heavy (non-hydrogen) atoms. The average Bonchev–Trinajstić information content (AvgIpc) is 2.80. The van der Waals surface area contributed by atoms with Gasteiger partial charge in [-0.25, -0.2) is 0 Å². The summed E-state index contributed by atoms with van der Waals surface area (Å²) in [5, 5.41) is 30.5. The standard InChI is InChI=1S/C11H9N3O7/c15-10-3-6(11(16)17)5-12(10)8-2-1-7(13(18)19)4-9(8)14(20)21/h1-2,4,6H,3,5H2,(H,16,17). The second-order valence-electron chi connectivity index (χ2n) is 4.43. The van der Waals surface area contributed by atoms with Crippen LogP contribution < -0.4 is 4.90 Å². The fourth-order valence-corrected chi connectivity index (χ4v) is 2.11. The van der Waals surface area contributed by atoms with Crippen molar-refractivity contribution < 1.29 is 24.5 Å².